The van der Waals surface area contributed by atoms with Gasteiger partial charge in [0.25, 0.3) is 0 Å². The van der Waals surface area contributed by atoms with Crippen molar-refractivity contribution in [3.05, 3.63) is 35.4 Å². The lowest BCUT2D eigenvalue weighted by Crippen LogP contribution is -2.27. The lowest BCUT2D eigenvalue weighted by molar-refractivity contribution is 0.0636. The molecule has 0 atom stereocenters. The number of amides is 1. The minimum atomic E-state index is -0.673. The second kappa shape index (κ2) is 4.83. The van der Waals surface area contributed by atoms with E-state index in [9.17, 15) is 9.18 Å². The van der Waals surface area contributed by atoms with E-state index in [0.29, 0.717) is 0 Å². The van der Waals surface area contributed by atoms with Gasteiger partial charge in [0.1, 0.15) is 11.4 Å². The summed E-state index contributed by atoms with van der Waals surface area (Å²) < 4.78 is 18.2. The Bertz CT molecular complexity index is 472. The van der Waals surface area contributed by atoms with Crippen molar-refractivity contribution in [2.24, 2.45) is 0 Å². The number of ether oxygens (including phenoxy) is 1. The fourth-order valence-corrected chi connectivity index (χ4v) is 1.10. The first-order valence-corrected chi connectivity index (χ1v) is 4.99. The van der Waals surface area contributed by atoms with Crippen molar-refractivity contribution in [2.75, 3.05) is 5.32 Å². The van der Waals surface area contributed by atoms with E-state index in [4.69, 9.17) is 11.3 Å². The number of halogens is 1. The molecule has 4 nitrogen and oxygen atoms in total. The molecule has 0 heterocycles. The predicted octanol–water partition coefficient (Wildman–Crippen LogP) is 3.72. The van der Waals surface area contributed by atoms with Gasteiger partial charge in [0.05, 0.1) is 6.57 Å². The van der Waals surface area contributed by atoms with Gasteiger partial charge in [-0.05, 0) is 32.9 Å². The highest BCUT2D eigenvalue weighted by molar-refractivity contribution is 5.85. The smallest absolute Gasteiger partial charge is 0.412 e. The summed E-state index contributed by atoms with van der Waals surface area (Å²) in [5.41, 5.74) is -0.442. The summed E-state index contributed by atoms with van der Waals surface area (Å²) >= 11 is 0. The topological polar surface area (TPSA) is 42.7 Å². The van der Waals surface area contributed by atoms with Gasteiger partial charge in [-0.3, -0.25) is 5.32 Å². The van der Waals surface area contributed by atoms with Crippen LogP contribution < -0.4 is 5.32 Å². The maximum atomic E-state index is 13.2. The highest BCUT2D eigenvalue weighted by Gasteiger charge is 2.16. The van der Waals surface area contributed by atoms with Crippen LogP contribution in [0.15, 0.2) is 18.2 Å². The minimum absolute atomic E-state index is 0.0836. The fourth-order valence-electron chi connectivity index (χ4n) is 1.10. The molecule has 5 heteroatoms. The molecule has 1 amide bonds. The van der Waals surface area contributed by atoms with E-state index < -0.39 is 17.5 Å². The van der Waals surface area contributed by atoms with Crippen molar-refractivity contribution >= 4 is 17.5 Å². The number of benzene rings is 1. The number of hydrogen-bond acceptors (Lipinski definition) is 2. The molecule has 0 saturated heterocycles. The molecule has 0 bridgehead atoms. The molecule has 1 N–H and O–H groups in total. The summed E-state index contributed by atoms with van der Waals surface area (Å²) in [5.74, 6) is -0.673. The van der Waals surface area contributed by atoms with Crippen LogP contribution in [-0.4, -0.2) is 11.7 Å². The first kappa shape index (κ1) is 13.0. The Morgan fingerprint density at radius 2 is 2.12 bits per heavy atom. The molecule has 0 radical (unpaired) electrons. The van der Waals surface area contributed by atoms with Crippen LogP contribution >= 0.6 is 0 Å². The van der Waals surface area contributed by atoms with Crippen molar-refractivity contribution in [3.8, 4) is 0 Å². The van der Waals surface area contributed by atoms with Gasteiger partial charge in [-0.2, -0.15) is 0 Å². The lowest BCUT2D eigenvalue weighted by atomic mass is 10.2. The zero-order valence-corrected chi connectivity index (χ0v) is 9.87. The molecule has 0 unspecified atom stereocenters. The number of anilines is 1. The van der Waals surface area contributed by atoms with Crippen molar-refractivity contribution in [1.29, 1.82) is 0 Å². The number of carbonyl (C=O) groups is 1. The molecule has 17 heavy (non-hydrogen) atoms. The Morgan fingerprint density at radius 1 is 1.47 bits per heavy atom. The Morgan fingerprint density at radius 3 is 2.59 bits per heavy atom. The van der Waals surface area contributed by atoms with Gasteiger partial charge in [-0.1, -0.05) is 6.07 Å². The highest BCUT2D eigenvalue weighted by Crippen LogP contribution is 2.21. The second-order valence-corrected chi connectivity index (χ2v) is 4.40. The van der Waals surface area contributed by atoms with Crippen LogP contribution in [0.5, 0.6) is 0 Å². The van der Waals surface area contributed by atoms with E-state index in [-0.39, 0.29) is 11.4 Å². The van der Waals surface area contributed by atoms with Gasteiger partial charge in [0.2, 0.25) is 5.69 Å². The van der Waals surface area contributed by atoms with E-state index >= 15 is 0 Å². The highest BCUT2D eigenvalue weighted by atomic mass is 19.1. The van der Waals surface area contributed by atoms with Crippen LogP contribution in [0.4, 0.5) is 20.6 Å². The normalized spacial score (nSPS) is 10.5. The Kier molecular flexibility index (Phi) is 3.69. The van der Waals surface area contributed by atoms with Gasteiger partial charge in [-0.25, -0.2) is 14.0 Å². The fraction of sp³-hybridized carbons (Fsp3) is 0.333. The Hall–Kier alpha value is -2.09. The summed E-state index contributed by atoms with van der Waals surface area (Å²) in [6.07, 6.45) is -0.660. The van der Waals surface area contributed by atoms with Crippen LogP contribution in [0.2, 0.25) is 0 Å². The molecule has 0 saturated carbocycles. The number of carbonyl (C=O) groups excluding carboxylic acids is 1. The number of hydrogen-bond donors (Lipinski definition) is 1. The molecule has 0 spiro atoms. The molecule has 0 aliphatic rings. The summed E-state index contributed by atoms with van der Waals surface area (Å²) in [5, 5.41) is 2.39. The third-order valence-corrected chi connectivity index (χ3v) is 1.71. The molecular weight excluding hydrogens is 223 g/mol. The first-order chi connectivity index (χ1) is 7.81. The van der Waals surface area contributed by atoms with Crippen LogP contribution in [0.25, 0.3) is 4.85 Å². The van der Waals surface area contributed by atoms with Crippen LogP contribution in [0.3, 0.4) is 0 Å². The molecular formula is C12H13FN2O2. The van der Waals surface area contributed by atoms with Crippen LogP contribution in [-0.2, 0) is 4.74 Å². The SMILES string of the molecule is [C-]#[N+]c1ccc(NC(=O)OC(C)(C)C)cc1F. The average molecular weight is 236 g/mol. The van der Waals surface area contributed by atoms with Crippen LogP contribution in [0, 0.1) is 12.4 Å². The largest absolute Gasteiger partial charge is 0.444 e. The average Bonchev–Trinajstić information content (AvgIpc) is 2.14. The van der Waals surface area contributed by atoms with Gasteiger partial charge in [0, 0.05) is 5.69 Å². The zero-order valence-electron chi connectivity index (χ0n) is 9.87. The number of nitrogens with zero attached hydrogens (tertiary/aromatic N) is 1. The maximum absolute atomic E-state index is 13.2. The molecule has 0 aromatic heterocycles. The molecule has 0 aliphatic carbocycles. The Balaban J connectivity index is 2.74. The van der Waals surface area contributed by atoms with Gasteiger partial charge in [-0.15, -0.1) is 0 Å². The lowest BCUT2D eigenvalue weighted by Gasteiger charge is -2.19. The third kappa shape index (κ3) is 4.11. The zero-order chi connectivity index (χ0) is 13.1. The molecule has 90 valence electrons. The summed E-state index contributed by atoms with van der Waals surface area (Å²) in [6.45, 7) is 11.9. The quantitative estimate of drug-likeness (QED) is 0.755. The van der Waals surface area contributed by atoms with Gasteiger partial charge in [0.15, 0.2) is 0 Å². The van der Waals surface area contributed by atoms with Gasteiger partial charge < -0.3 is 4.74 Å². The molecule has 1 aromatic carbocycles. The van der Waals surface area contributed by atoms with Crippen molar-refractivity contribution < 1.29 is 13.9 Å². The molecule has 0 fully saturated rings. The Labute approximate surface area is 99.2 Å². The first-order valence-electron chi connectivity index (χ1n) is 4.99. The number of nitrogens with one attached hydrogen (secondary N) is 1. The molecule has 1 aromatic rings. The van der Waals surface area contributed by atoms with Gasteiger partial charge >= 0.3 is 6.09 Å². The predicted molar refractivity (Wildman–Crippen MR) is 62.5 cm³/mol. The van der Waals surface area contributed by atoms with E-state index in [2.05, 4.69) is 10.2 Å². The minimum Gasteiger partial charge on any atom is -0.444 e. The van der Waals surface area contributed by atoms with E-state index in [1.807, 2.05) is 0 Å². The third-order valence-electron chi connectivity index (χ3n) is 1.71. The summed E-state index contributed by atoms with van der Waals surface area (Å²) in [4.78, 5) is 14.4. The molecule has 1 rings (SSSR count). The van der Waals surface area contributed by atoms with Crippen LogP contribution in [0.1, 0.15) is 20.8 Å². The van der Waals surface area contributed by atoms with E-state index in [1.165, 1.54) is 12.1 Å². The van der Waals surface area contributed by atoms with Crippen molar-refractivity contribution in [3.63, 3.8) is 0 Å². The standard InChI is InChI=1S/C12H13FN2O2/c1-12(2,3)17-11(16)15-8-5-6-10(14-4)9(13)7-8/h5-7H,1-3H3,(H,15,16). The van der Waals surface area contributed by atoms with Crippen molar-refractivity contribution in [2.45, 2.75) is 26.4 Å². The maximum Gasteiger partial charge on any atom is 0.412 e. The molecule has 0 aliphatic heterocycles. The van der Waals surface area contributed by atoms with E-state index in [1.54, 1.807) is 20.8 Å². The second-order valence-electron chi connectivity index (χ2n) is 4.40. The van der Waals surface area contributed by atoms with E-state index in [0.717, 1.165) is 6.07 Å². The summed E-state index contributed by atoms with van der Waals surface area (Å²) in [6, 6.07) is 3.83. The van der Waals surface area contributed by atoms with Crippen molar-refractivity contribution in [1.82, 2.24) is 0 Å². The number of rotatable bonds is 1. The monoisotopic (exact) mass is 236 g/mol. The summed E-state index contributed by atoms with van der Waals surface area (Å²) in [7, 11) is 0.